The van der Waals surface area contributed by atoms with Crippen molar-refractivity contribution in [1.82, 2.24) is 14.4 Å². The third-order valence-electron chi connectivity index (χ3n) is 4.24. The number of fused-ring (bicyclic) bond motifs is 1. The lowest BCUT2D eigenvalue weighted by atomic mass is 10.1. The highest BCUT2D eigenvalue weighted by molar-refractivity contribution is 5.83. The summed E-state index contributed by atoms with van der Waals surface area (Å²) in [5.74, 6) is 0. The van der Waals surface area contributed by atoms with Gasteiger partial charge in [0.1, 0.15) is 6.54 Å². The van der Waals surface area contributed by atoms with Crippen molar-refractivity contribution < 1.29 is 13.2 Å². The molecule has 0 aliphatic carbocycles. The van der Waals surface area contributed by atoms with E-state index in [0.717, 1.165) is 43.7 Å². The molecule has 1 fully saturated rings. The Balaban J connectivity index is 1.82. The molecule has 2 heterocycles. The van der Waals surface area contributed by atoms with Gasteiger partial charge >= 0.3 is 6.18 Å². The summed E-state index contributed by atoms with van der Waals surface area (Å²) in [4.78, 5) is 4.65. The van der Waals surface area contributed by atoms with Crippen LogP contribution in [0, 0.1) is 0 Å². The molecular formula is C16H20F3N3. The van der Waals surface area contributed by atoms with Crippen LogP contribution in [-0.4, -0.2) is 53.8 Å². The third kappa shape index (κ3) is 3.44. The molecule has 22 heavy (non-hydrogen) atoms. The quantitative estimate of drug-likeness (QED) is 0.863. The molecule has 0 spiro atoms. The highest BCUT2D eigenvalue weighted by Crippen LogP contribution is 2.25. The third-order valence-corrected chi connectivity index (χ3v) is 4.24. The monoisotopic (exact) mass is 311 g/mol. The Hall–Kier alpha value is -1.53. The molecule has 1 saturated heterocycles. The molecule has 120 valence electrons. The van der Waals surface area contributed by atoms with Crippen molar-refractivity contribution in [2.75, 3.05) is 33.2 Å². The molecule has 1 aromatic heterocycles. The minimum absolute atomic E-state index is 0.656. The molecular weight excluding hydrogens is 291 g/mol. The van der Waals surface area contributed by atoms with Crippen LogP contribution in [0.2, 0.25) is 0 Å². The van der Waals surface area contributed by atoms with Crippen molar-refractivity contribution >= 4 is 10.9 Å². The van der Waals surface area contributed by atoms with Crippen molar-refractivity contribution in [3.63, 3.8) is 0 Å². The summed E-state index contributed by atoms with van der Waals surface area (Å²) >= 11 is 0. The Labute approximate surface area is 127 Å². The van der Waals surface area contributed by atoms with E-state index in [-0.39, 0.29) is 0 Å². The molecule has 1 aliphatic rings. The molecule has 0 amide bonds. The summed E-state index contributed by atoms with van der Waals surface area (Å²) in [5, 5.41) is 0.922. The Bertz CT molecular complexity index is 640. The van der Waals surface area contributed by atoms with Crippen molar-refractivity contribution in [2.24, 2.45) is 0 Å². The van der Waals surface area contributed by atoms with Crippen LogP contribution in [0.3, 0.4) is 0 Å². The van der Waals surface area contributed by atoms with Gasteiger partial charge in [-0.25, -0.2) is 0 Å². The summed E-state index contributed by atoms with van der Waals surface area (Å²) in [7, 11) is 2.11. The Morgan fingerprint density at radius 2 is 1.77 bits per heavy atom. The summed E-state index contributed by atoms with van der Waals surface area (Å²) in [6.45, 7) is 3.91. The zero-order valence-electron chi connectivity index (χ0n) is 12.6. The number of rotatable bonds is 3. The van der Waals surface area contributed by atoms with Crippen LogP contribution in [0.1, 0.15) is 5.56 Å². The number of hydrogen-bond acceptors (Lipinski definition) is 2. The summed E-state index contributed by atoms with van der Waals surface area (Å²) in [6, 6.07) is 7.42. The average Bonchev–Trinajstić information content (AvgIpc) is 2.84. The lowest BCUT2D eigenvalue weighted by Crippen LogP contribution is -2.43. The van der Waals surface area contributed by atoms with E-state index in [2.05, 4.69) is 16.8 Å². The van der Waals surface area contributed by atoms with E-state index < -0.39 is 12.7 Å². The molecule has 0 radical (unpaired) electrons. The van der Waals surface area contributed by atoms with Gasteiger partial charge in [-0.15, -0.1) is 0 Å². The molecule has 2 aromatic rings. The molecule has 3 rings (SSSR count). The van der Waals surface area contributed by atoms with Gasteiger partial charge in [0.2, 0.25) is 0 Å². The fourth-order valence-electron chi connectivity index (χ4n) is 3.00. The van der Waals surface area contributed by atoms with Gasteiger partial charge in [0.15, 0.2) is 0 Å². The maximum atomic E-state index is 12.6. The second-order valence-corrected chi connectivity index (χ2v) is 5.99. The first-order chi connectivity index (χ1) is 10.4. The first-order valence-electron chi connectivity index (χ1n) is 7.47. The van der Waals surface area contributed by atoms with Crippen LogP contribution < -0.4 is 0 Å². The van der Waals surface area contributed by atoms with Crippen molar-refractivity contribution in [1.29, 1.82) is 0 Å². The highest BCUT2D eigenvalue weighted by atomic mass is 19.4. The minimum Gasteiger partial charge on any atom is -0.338 e. The molecule has 0 N–H and O–H groups in total. The summed E-state index contributed by atoms with van der Waals surface area (Å²) in [5.41, 5.74) is 1.76. The number of aromatic nitrogens is 1. The van der Waals surface area contributed by atoms with Crippen molar-refractivity contribution in [3.05, 3.63) is 36.0 Å². The molecule has 3 nitrogen and oxygen atoms in total. The molecule has 0 saturated carbocycles. The smallest absolute Gasteiger partial charge is 0.338 e. The first-order valence-corrected chi connectivity index (χ1v) is 7.47. The van der Waals surface area contributed by atoms with Gasteiger partial charge in [-0.05, 0) is 24.7 Å². The van der Waals surface area contributed by atoms with Gasteiger partial charge in [0, 0.05) is 49.8 Å². The van der Waals surface area contributed by atoms with Crippen LogP contribution in [0.5, 0.6) is 0 Å². The van der Waals surface area contributed by atoms with Gasteiger partial charge < -0.3 is 9.47 Å². The Morgan fingerprint density at radius 1 is 1.05 bits per heavy atom. The maximum absolute atomic E-state index is 12.6. The standard InChI is InChI=1S/C16H20F3N3/c1-20-7-9-21(10-8-20)11-13-3-2-4-15-14(13)5-6-22(15)12-16(17,18)19/h2-6H,7-12H2,1H3. The second kappa shape index (κ2) is 5.93. The van der Waals surface area contributed by atoms with Crippen LogP contribution in [0.15, 0.2) is 30.5 Å². The largest absolute Gasteiger partial charge is 0.406 e. The van der Waals surface area contributed by atoms with Gasteiger partial charge in [0.05, 0.1) is 0 Å². The highest BCUT2D eigenvalue weighted by Gasteiger charge is 2.28. The normalized spacial score (nSPS) is 18.2. The predicted molar refractivity (Wildman–Crippen MR) is 80.8 cm³/mol. The van der Waals surface area contributed by atoms with Crippen molar-refractivity contribution in [2.45, 2.75) is 19.3 Å². The SMILES string of the molecule is CN1CCN(Cc2cccc3c2ccn3CC(F)(F)F)CC1. The molecule has 1 aliphatic heterocycles. The minimum atomic E-state index is -4.20. The van der Waals surface area contributed by atoms with Crippen LogP contribution in [0.25, 0.3) is 10.9 Å². The molecule has 6 heteroatoms. The number of likely N-dealkylation sites (N-methyl/N-ethyl adjacent to an activating group) is 1. The Morgan fingerprint density at radius 3 is 2.45 bits per heavy atom. The van der Waals surface area contributed by atoms with Gasteiger partial charge in [0.25, 0.3) is 0 Å². The number of benzene rings is 1. The average molecular weight is 311 g/mol. The van der Waals surface area contributed by atoms with Gasteiger partial charge in [-0.3, -0.25) is 4.90 Å². The number of hydrogen-bond donors (Lipinski definition) is 0. The van der Waals surface area contributed by atoms with Gasteiger partial charge in [-0.2, -0.15) is 13.2 Å². The van der Waals surface area contributed by atoms with Crippen LogP contribution >= 0.6 is 0 Å². The lowest BCUT2D eigenvalue weighted by Gasteiger charge is -2.32. The lowest BCUT2D eigenvalue weighted by molar-refractivity contribution is -0.139. The number of piperazine rings is 1. The predicted octanol–water partition coefficient (Wildman–Crippen LogP) is 2.95. The molecule has 1 aromatic carbocycles. The van der Waals surface area contributed by atoms with Crippen molar-refractivity contribution in [3.8, 4) is 0 Å². The topological polar surface area (TPSA) is 11.4 Å². The maximum Gasteiger partial charge on any atom is 0.406 e. The first kappa shape index (κ1) is 15.4. The van der Waals surface area contributed by atoms with Crippen LogP contribution in [0.4, 0.5) is 13.2 Å². The van der Waals surface area contributed by atoms with E-state index >= 15 is 0 Å². The number of halogens is 3. The fourth-order valence-corrected chi connectivity index (χ4v) is 3.00. The zero-order chi connectivity index (χ0) is 15.7. The van der Waals surface area contributed by atoms with E-state index in [1.807, 2.05) is 12.1 Å². The number of alkyl halides is 3. The molecule has 0 unspecified atom stereocenters. The molecule has 0 bridgehead atoms. The number of nitrogens with zero attached hydrogens (tertiary/aromatic N) is 3. The zero-order valence-corrected chi connectivity index (χ0v) is 12.6. The van der Waals surface area contributed by atoms with E-state index in [1.54, 1.807) is 12.1 Å². The van der Waals surface area contributed by atoms with E-state index in [1.165, 1.54) is 10.8 Å². The summed E-state index contributed by atoms with van der Waals surface area (Å²) < 4.78 is 39.1. The Kier molecular flexibility index (Phi) is 4.14. The van der Waals surface area contributed by atoms with E-state index in [4.69, 9.17) is 0 Å². The second-order valence-electron chi connectivity index (χ2n) is 5.99. The van der Waals surface area contributed by atoms with Gasteiger partial charge in [-0.1, -0.05) is 12.1 Å². The fraction of sp³-hybridized carbons (Fsp3) is 0.500. The van der Waals surface area contributed by atoms with E-state index in [9.17, 15) is 13.2 Å². The van der Waals surface area contributed by atoms with E-state index in [0.29, 0.717) is 5.52 Å². The molecule has 0 atom stereocenters. The van der Waals surface area contributed by atoms with Crippen LogP contribution in [-0.2, 0) is 13.1 Å². The summed E-state index contributed by atoms with van der Waals surface area (Å²) in [6.07, 6.45) is -2.66.